The van der Waals surface area contributed by atoms with Gasteiger partial charge in [-0.15, -0.1) is 0 Å². The van der Waals surface area contributed by atoms with Gasteiger partial charge in [-0.25, -0.2) is 0 Å². The van der Waals surface area contributed by atoms with E-state index in [-0.39, 0.29) is 42.0 Å². The van der Waals surface area contributed by atoms with Gasteiger partial charge < -0.3 is 20.0 Å². The number of carbonyl (C=O) groups is 4. The van der Waals surface area contributed by atoms with Crippen LogP contribution in [0.15, 0.2) is 24.3 Å². The van der Waals surface area contributed by atoms with Crippen LogP contribution in [0.2, 0.25) is 0 Å². The van der Waals surface area contributed by atoms with Crippen LogP contribution in [0, 0.1) is 5.92 Å². The third-order valence-electron chi connectivity index (χ3n) is 7.23. The van der Waals surface area contributed by atoms with Crippen LogP contribution in [-0.2, 0) is 14.4 Å². The molecule has 2 fully saturated rings. The van der Waals surface area contributed by atoms with E-state index in [1.165, 1.54) is 0 Å². The molecule has 0 aliphatic carbocycles. The molecule has 1 N–H and O–H groups in total. The van der Waals surface area contributed by atoms with Gasteiger partial charge in [-0.3, -0.25) is 19.2 Å². The Labute approximate surface area is 215 Å². The minimum absolute atomic E-state index is 0.00876. The molecule has 36 heavy (non-hydrogen) atoms. The van der Waals surface area contributed by atoms with E-state index in [0.29, 0.717) is 31.4 Å². The molecular weight excluding hydrogens is 456 g/mol. The number of fused-ring (bicyclic) bond motifs is 1. The van der Waals surface area contributed by atoms with Crippen molar-refractivity contribution >= 4 is 29.2 Å². The van der Waals surface area contributed by atoms with Crippen molar-refractivity contribution in [3.05, 3.63) is 29.8 Å². The predicted molar refractivity (Wildman–Crippen MR) is 141 cm³/mol. The summed E-state index contributed by atoms with van der Waals surface area (Å²) in [6.45, 7) is 6.63. The number of amides is 3. The van der Waals surface area contributed by atoms with Gasteiger partial charge in [0, 0.05) is 38.3 Å². The number of benzene rings is 1. The van der Waals surface area contributed by atoms with Gasteiger partial charge in [0.05, 0.1) is 12.6 Å². The number of unbranched alkanes of at least 4 members (excludes halogenated alkanes) is 3. The van der Waals surface area contributed by atoms with E-state index in [1.807, 2.05) is 45.0 Å². The predicted octanol–water partition coefficient (Wildman–Crippen LogP) is 3.25. The van der Waals surface area contributed by atoms with E-state index in [1.54, 1.807) is 21.9 Å². The zero-order valence-corrected chi connectivity index (χ0v) is 22.5. The van der Waals surface area contributed by atoms with E-state index in [0.717, 1.165) is 31.4 Å². The Bertz CT molecular complexity index is 943. The van der Waals surface area contributed by atoms with Crippen molar-refractivity contribution in [2.75, 3.05) is 32.1 Å². The number of carbonyl (C=O) groups excluding carboxylic acids is 4. The van der Waals surface area contributed by atoms with Crippen LogP contribution >= 0.6 is 0 Å². The molecule has 1 aromatic rings. The molecular formula is C28H42N4O4. The van der Waals surface area contributed by atoms with Crippen molar-refractivity contribution in [2.45, 2.75) is 83.8 Å². The lowest BCUT2D eigenvalue weighted by Crippen LogP contribution is -2.53. The van der Waals surface area contributed by atoms with Crippen molar-refractivity contribution in [1.29, 1.82) is 0 Å². The van der Waals surface area contributed by atoms with Crippen LogP contribution in [-0.4, -0.2) is 78.6 Å². The third-order valence-corrected chi connectivity index (χ3v) is 7.23. The molecule has 3 atom stereocenters. The second-order valence-corrected chi connectivity index (χ2v) is 10.7. The summed E-state index contributed by atoms with van der Waals surface area (Å²) in [6, 6.07) is 5.64. The van der Waals surface area contributed by atoms with Crippen molar-refractivity contribution in [3.63, 3.8) is 0 Å². The largest absolute Gasteiger partial charge is 0.378 e. The highest BCUT2D eigenvalue weighted by Gasteiger charge is 2.52. The molecule has 0 spiro atoms. The first-order valence-electron chi connectivity index (χ1n) is 13.3. The first-order chi connectivity index (χ1) is 17.1. The maximum atomic E-state index is 13.6. The number of nitrogens with one attached hydrogen (secondary N) is 1. The fraction of sp³-hybridized carbons (Fsp3) is 0.643. The summed E-state index contributed by atoms with van der Waals surface area (Å²) < 4.78 is 0. The molecule has 2 aliphatic heterocycles. The van der Waals surface area contributed by atoms with E-state index in [4.69, 9.17) is 0 Å². The number of hydrogen-bond acceptors (Lipinski definition) is 5. The van der Waals surface area contributed by atoms with Gasteiger partial charge >= 0.3 is 0 Å². The molecule has 0 aromatic heterocycles. The Morgan fingerprint density at radius 2 is 1.75 bits per heavy atom. The van der Waals surface area contributed by atoms with E-state index in [2.05, 4.69) is 12.2 Å². The molecule has 8 nitrogen and oxygen atoms in total. The first-order valence-corrected chi connectivity index (χ1v) is 13.3. The fourth-order valence-electron chi connectivity index (χ4n) is 5.28. The molecule has 2 aliphatic rings. The van der Waals surface area contributed by atoms with Crippen molar-refractivity contribution in [1.82, 2.24) is 15.1 Å². The van der Waals surface area contributed by atoms with Gasteiger partial charge in [0.2, 0.25) is 11.8 Å². The molecule has 0 unspecified atom stereocenters. The molecule has 198 valence electrons. The topological polar surface area (TPSA) is 90.0 Å². The molecule has 0 radical (unpaired) electrons. The zero-order chi connectivity index (χ0) is 26.4. The highest BCUT2D eigenvalue weighted by atomic mass is 16.2. The first kappa shape index (κ1) is 27.7. The minimum atomic E-state index is -0.726. The smallest absolute Gasteiger partial charge is 0.251 e. The highest BCUT2D eigenvalue weighted by Crippen LogP contribution is 2.31. The van der Waals surface area contributed by atoms with Crippen molar-refractivity contribution in [2.24, 2.45) is 5.92 Å². The van der Waals surface area contributed by atoms with Gasteiger partial charge in [0.1, 0.15) is 12.1 Å². The molecule has 2 heterocycles. The van der Waals surface area contributed by atoms with Crippen molar-refractivity contribution < 1.29 is 19.2 Å². The standard InChI is InChI=1S/C28H42N4O4/c1-6-7-8-9-10-25(34)32-18-24(33)26-23(32)15-16-31(26)28(36)22(17-19(2)3)29-27(35)20-11-13-21(14-12-20)30(4)5/h11-14,19,22-23,26H,6-10,15-18H2,1-5H3,(H,29,35)/t22-,23+,26-/m0/s1. The lowest BCUT2D eigenvalue weighted by atomic mass is 10.0. The van der Waals surface area contributed by atoms with E-state index in [9.17, 15) is 19.2 Å². The molecule has 2 saturated heterocycles. The Kier molecular flexibility index (Phi) is 9.51. The second kappa shape index (κ2) is 12.4. The maximum Gasteiger partial charge on any atom is 0.251 e. The number of rotatable bonds is 11. The fourth-order valence-corrected chi connectivity index (χ4v) is 5.28. The Hall–Kier alpha value is -2.90. The number of Topliss-reactive ketones (excluding diaryl/α,β-unsaturated/α-hetero) is 1. The quantitative estimate of drug-likeness (QED) is 0.473. The van der Waals surface area contributed by atoms with Gasteiger partial charge in [-0.1, -0.05) is 40.0 Å². The normalized spacial score (nSPS) is 20.0. The average molecular weight is 499 g/mol. The lowest BCUT2D eigenvalue weighted by Gasteiger charge is -2.29. The maximum absolute atomic E-state index is 13.6. The monoisotopic (exact) mass is 498 g/mol. The number of ketones is 1. The number of anilines is 1. The van der Waals surface area contributed by atoms with Gasteiger partial charge in [-0.05, 0) is 49.4 Å². The van der Waals surface area contributed by atoms with E-state index >= 15 is 0 Å². The molecule has 1 aromatic carbocycles. The van der Waals surface area contributed by atoms with Crippen LogP contribution in [0.5, 0.6) is 0 Å². The lowest BCUT2D eigenvalue weighted by molar-refractivity contribution is -0.138. The summed E-state index contributed by atoms with van der Waals surface area (Å²) in [4.78, 5) is 57.7. The number of hydrogen-bond donors (Lipinski definition) is 1. The summed E-state index contributed by atoms with van der Waals surface area (Å²) in [5.74, 6) is -0.443. The Morgan fingerprint density at radius 1 is 1.06 bits per heavy atom. The third kappa shape index (κ3) is 6.45. The van der Waals surface area contributed by atoms with E-state index < -0.39 is 12.1 Å². The summed E-state index contributed by atoms with van der Waals surface area (Å²) >= 11 is 0. The molecule has 3 amide bonds. The molecule has 0 saturated carbocycles. The van der Waals surface area contributed by atoms with Crippen LogP contribution in [0.1, 0.15) is 76.1 Å². The number of nitrogens with zero attached hydrogens (tertiary/aromatic N) is 3. The molecule has 3 rings (SSSR count). The minimum Gasteiger partial charge on any atom is -0.378 e. The Morgan fingerprint density at radius 3 is 2.36 bits per heavy atom. The van der Waals surface area contributed by atoms with Crippen molar-refractivity contribution in [3.8, 4) is 0 Å². The summed E-state index contributed by atoms with van der Waals surface area (Å²) in [5.41, 5.74) is 1.46. The Balaban J connectivity index is 1.69. The average Bonchev–Trinajstić information content (AvgIpc) is 3.42. The SMILES string of the molecule is CCCCCCC(=O)N1CC(=O)[C@@H]2[C@H]1CCN2C(=O)[C@H](CC(C)C)NC(=O)c1ccc(N(C)C)cc1. The van der Waals surface area contributed by atoms with Gasteiger partial charge in [0.15, 0.2) is 5.78 Å². The van der Waals surface area contributed by atoms with Gasteiger partial charge in [-0.2, -0.15) is 0 Å². The summed E-state index contributed by atoms with van der Waals surface area (Å²) in [6.07, 6.45) is 5.56. The summed E-state index contributed by atoms with van der Waals surface area (Å²) in [7, 11) is 3.86. The van der Waals surface area contributed by atoms with Gasteiger partial charge in [0.25, 0.3) is 5.91 Å². The van der Waals surface area contributed by atoms with Crippen LogP contribution in [0.25, 0.3) is 0 Å². The van der Waals surface area contributed by atoms with Crippen LogP contribution < -0.4 is 10.2 Å². The second-order valence-electron chi connectivity index (χ2n) is 10.7. The number of likely N-dealkylation sites (tertiary alicyclic amines) is 2. The molecule has 8 heteroatoms. The highest BCUT2D eigenvalue weighted by molar-refractivity contribution is 6.01. The zero-order valence-electron chi connectivity index (χ0n) is 22.5. The van der Waals surface area contributed by atoms with Crippen LogP contribution in [0.4, 0.5) is 5.69 Å². The summed E-state index contributed by atoms with van der Waals surface area (Å²) in [5, 5.41) is 2.92. The van der Waals surface area contributed by atoms with Crippen LogP contribution in [0.3, 0.4) is 0 Å². The molecule has 0 bridgehead atoms.